The minimum absolute atomic E-state index is 0.457. The van der Waals surface area contributed by atoms with Gasteiger partial charge in [0.15, 0.2) is 0 Å². The van der Waals surface area contributed by atoms with E-state index in [0.717, 1.165) is 24.4 Å². The number of anilines is 1. The van der Waals surface area contributed by atoms with E-state index in [4.69, 9.17) is 5.11 Å². The van der Waals surface area contributed by atoms with E-state index in [1.807, 2.05) is 7.05 Å². The van der Waals surface area contributed by atoms with E-state index >= 15 is 0 Å². The summed E-state index contributed by atoms with van der Waals surface area (Å²) in [5.41, 5.74) is 1.19. The van der Waals surface area contributed by atoms with Gasteiger partial charge < -0.3 is 10.0 Å². The lowest BCUT2D eigenvalue weighted by molar-refractivity contribution is 0.0702. The zero-order chi connectivity index (χ0) is 9.42. The fourth-order valence-electron chi connectivity index (χ4n) is 1.63. The summed E-state index contributed by atoms with van der Waals surface area (Å²) in [6.07, 6.45) is 2.14. The summed E-state index contributed by atoms with van der Waals surface area (Å²) in [7, 11) is 2.01. The summed E-state index contributed by atoms with van der Waals surface area (Å²) in [5.74, 6) is -0.812. The van der Waals surface area contributed by atoms with E-state index in [0.29, 0.717) is 4.88 Å². The molecule has 0 atom stereocenters. The number of hydrogen-bond acceptors (Lipinski definition) is 3. The molecular formula is C9H11NO2S. The molecule has 1 aromatic rings. The summed E-state index contributed by atoms with van der Waals surface area (Å²) in [6.45, 7) is 1.03. The molecule has 0 radical (unpaired) electrons. The first kappa shape index (κ1) is 8.56. The Bertz CT molecular complexity index is 345. The Morgan fingerprint density at radius 2 is 2.46 bits per heavy atom. The Morgan fingerprint density at radius 3 is 3.08 bits per heavy atom. The lowest BCUT2D eigenvalue weighted by Gasteiger charge is -2.23. The molecule has 2 rings (SSSR count). The average molecular weight is 197 g/mol. The van der Waals surface area contributed by atoms with Gasteiger partial charge in [0, 0.05) is 13.6 Å². The van der Waals surface area contributed by atoms with E-state index in [1.165, 1.54) is 16.9 Å². The van der Waals surface area contributed by atoms with Crippen LogP contribution >= 0.6 is 11.3 Å². The molecule has 3 nitrogen and oxygen atoms in total. The van der Waals surface area contributed by atoms with Crippen LogP contribution < -0.4 is 4.90 Å². The molecule has 1 aromatic heterocycles. The molecule has 0 amide bonds. The maximum Gasteiger partial charge on any atom is 0.345 e. The number of thiophene rings is 1. The topological polar surface area (TPSA) is 40.5 Å². The monoisotopic (exact) mass is 197 g/mol. The van der Waals surface area contributed by atoms with Crippen molar-refractivity contribution in [1.29, 1.82) is 0 Å². The van der Waals surface area contributed by atoms with Crippen molar-refractivity contribution in [2.45, 2.75) is 12.8 Å². The number of aromatic carboxylic acids is 1. The van der Waals surface area contributed by atoms with Crippen LogP contribution in [0.2, 0.25) is 0 Å². The first-order chi connectivity index (χ1) is 6.18. The second kappa shape index (κ2) is 3.03. The van der Waals surface area contributed by atoms with Gasteiger partial charge in [-0.1, -0.05) is 0 Å². The molecule has 0 unspecified atom stereocenters. The third-order valence-electron chi connectivity index (χ3n) is 2.28. The lowest BCUT2D eigenvalue weighted by Crippen LogP contribution is -2.22. The Morgan fingerprint density at radius 1 is 1.69 bits per heavy atom. The molecule has 0 fully saturated rings. The molecule has 4 heteroatoms. The highest BCUT2D eigenvalue weighted by molar-refractivity contribution is 7.18. The van der Waals surface area contributed by atoms with Crippen molar-refractivity contribution in [3.8, 4) is 0 Å². The number of rotatable bonds is 1. The predicted octanol–water partition coefficient (Wildman–Crippen LogP) is 1.83. The van der Waals surface area contributed by atoms with Crippen LogP contribution in [0.1, 0.15) is 21.7 Å². The maximum atomic E-state index is 10.7. The summed E-state index contributed by atoms with van der Waals surface area (Å²) in [6, 6.07) is 1.80. The van der Waals surface area contributed by atoms with Gasteiger partial charge in [0.25, 0.3) is 0 Å². The molecule has 0 saturated carbocycles. The number of aryl methyl sites for hydroxylation is 1. The molecule has 1 aliphatic rings. The highest BCUT2D eigenvalue weighted by Gasteiger charge is 2.19. The molecule has 0 bridgehead atoms. The largest absolute Gasteiger partial charge is 0.477 e. The average Bonchev–Trinajstić information content (AvgIpc) is 2.49. The molecule has 1 N–H and O–H groups in total. The summed E-state index contributed by atoms with van der Waals surface area (Å²) in [4.78, 5) is 13.3. The molecule has 0 aliphatic carbocycles. The smallest absolute Gasteiger partial charge is 0.345 e. The minimum Gasteiger partial charge on any atom is -0.477 e. The van der Waals surface area contributed by atoms with Crippen LogP contribution in [-0.4, -0.2) is 24.7 Å². The molecule has 2 heterocycles. The fourth-order valence-corrected chi connectivity index (χ4v) is 2.67. The van der Waals surface area contributed by atoms with Gasteiger partial charge in [-0.3, -0.25) is 0 Å². The van der Waals surface area contributed by atoms with E-state index in [2.05, 4.69) is 4.90 Å². The first-order valence-corrected chi connectivity index (χ1v) is 5.07. The van der Waals surface area contributed by atoms with Crippen LogP contribution in [0.15, 0.2) is 6.07 Å². The van der Waals surface area contributed by atoms with E-state index in [-0.39, 0.29) is 0 Å². The standard InChI is InChI=1S/C9H11NO2S/c1-10-4-2-3-6-5-7(9(11)12)13-8(6)10/h5H,2-4H2,1H3,(H,11,12). The Kier molecular flexibility index (Phi) is 2.00. The van der Waals surface area contributed by atoms with Gasteiger partial charge in [0.2, 0.25) is 0 Å². The van der Waals surface area contributed by atoms with E-state index in [9.17, 15) is 4.79 Å². The Balaban J connectivity index is 2.42. The molecule has 1 aliphatic heterocycles. The zero-order valence-corrected chi connectivity index (χ0v) is 8.23. The van der Waals surface area contributed by atoms with Crippen LogP contribution in [0.25, 0.3) is 0 Å². The third-order valence-corrected chi connectivity index (χ3v) is 3.56. The van der Waals surface area contributed by atoms with Crippen LogP contribution in [0.4, 0.5) is 5.00 Å². The van der Waals surface area contributed by atoms with Gasteiger partial charge in [-0.2, -0.15) is 0 Å². The highest BCUT2D eigenvalue weighted by Crippen LogP contribution is 2.34. The molecule has 13 heavy (non-hydrogen) atoms. The second-order valence-corrected chi connectivity index (χ2v) is 4.30. The van der Waals surface area contributed by atoms with Crippen LogP contribution in [-0.2, 0) is 6.42 Å². The summed E-state index contributed by atoms with van der Waals surface area (Å²) < 4.78 is 0. The predicted molar refractivity (Wildman–Crippen MR) is 52.9 cm³/mol. The SMILES string of the molecule is CN1CCCc2cc(C(=O)O)sc21. The van der Waals surface area contributed by atoms with Crippen molar-refractivity contribution < 1.29 is 9.90 Å². The molecule has 0 spiro atoms. The highest BCUT2D eigenvalue weighted by atomic mass is 32.1. The van der Waals surface area contributed by atoms with Gasteiger partial charge in [0.05, 0.1) is 5.00 Å². The summed E-state index contributed by atoms with van der Waals surface area (Å²) >= 11 is 1.38. The maximum absolute atomic E-state index is 10.7. The van der Waals surface area contributed by atoms with Crippen molar-refractivity contribution in [3.05, 3.63) is 16.5 Å². The second-order valence-electron chi connectivity index (χ2n) is 3.27. The lowest BCUT2D eigenvalue weighted by atomic mass is 10.1. The Labute approximate surface area is 80.6 Å². The van der Waals surface area contributed by atoms with Crippen LogP contribution in [0.5, 0.6) is 0 Å². The number of carboxylic acids is 1. The zero-order valence-electron chi connectivity index (χ0n) is 7.41. The number of nitrogens with zero attached hydrogens (tertiary/aromatic N) is 1. The first-order valence-electron chi connectivity index (χ1n) is 4.25. The van der Waals surface area contributed by atoms with Crippen LogP contribution in [0.3, 0.4) is 0 Å². The molecular weight excluding hydrogens is 186 g/mol. The fraction of sp³-hybridized carbons (Fsp3) is 0.444. The molecule has 0 aromatic carbocycles. The molecule has 70 valence electrons. The number of carboxylic acid groups (broad SMARTS) is 1. The number of fused-ring (bicyclic) bond motifs is 1. The molecule has 0 saturated heterocycles. The number of carbonyl (C=O) groups is 1. The normalized spacial score (nSPS) is 15.6. The van der Waals surface area contributed by atoms with Crippen molar-refractivity contribution in [3.63, 3.8) is 0 Å². The van der Waals surface area contributed by atoms with E-state index in [1.54, 1.807) is 6.07 Å². The van der Waals surface area contributed by atoms with Crippen molar-refractivity contribution in [2.75, 3.05) is 18.5 Å². The van der Waals surface area contributed by atoms with Gasteiger partial charge in [-0.05, 0) is 24.5 Å². The summed E-state index contributed by atoms with van der Waals surface area (Å²) in [5, 5.41) is 9.94. The third kappa shape index (κ3) is 1.42. The minimum atomic E-state index is -0.812. The van der Waals surface area contributed by atoms with E-state index < -0.39 is 5.97 Å². The van der Waals surface area contributed by atoms with Crippen molar-refractivity contribution >= 4 is 22.3 Å². The number of hydrogen-bond donors (Lipinski definition) is 1. The van der Waals surface area contributed by atoms with Gasteiger partial charge in [-0.15, -0.1) is 11.3 Å². The van der Waals surface area contributed by atoms with Gasteiger partial charge in [-0.25, -0.2) is 4.79 Å². The van der Waals surface area contributed by atoms with Crippen molar-refractivity contribution in [1.82, 2.24) is 0 Å². The van der Waals surface area contributed by atoms with Gasteiger partial charge in [0.1, 0.15) is 4.88 Å². The Hall–Kier alpha value is -1.03. The van der Waals surface area contributed by atoms with Crippen molar-refractivity contribution in [2.24, 2.45) is 0 Å². The van der Waals surface area contributed by atoms with Crippen LogP contribution in [0, 0.1) is 0 Å². The quantitative estimate of drug-likeness (QED) is 0.746. The van der Waals surface area contributed by atoms with Gasteiger partial charge >= 0.3 is 5.97 Å².